The minimum Gasteiger partial charge on any atom is -0.472 e. The predicted octanol–water partition coefficient (Wildman–Crippen LogP) is 1.44. The molecule has 10 heteroatoms. The highest BCUT2D eigenvalue weighted by Crippen LogP contribution is 2.26. The molecule has 3 aromatic heterocycles. The topological polar surface area (TPSA) is 116 Å². The number of hydrogen-bond donors (Lipinski definition) is 2. The zero-order chi connectivity index (χ0) is 21.3. The van der Waals surface area contributed by atoms with Crippen LogP contribution >= 0.6 is 0 Å². The van der Waals surface area contributed by atoms with Crippen LogP contribution in [0.4, 0.5) is 0 Å². The Morgan fingerprint density at radius 2 is 2.03 bits per heavy atom. The van der Waals surface area contributed by atoms with Gasteiger partial charge in [0.25, 0.3) is 5.56 Å². The molecule has 0 radical (unpaired) electrons. The van der Waals surface area contributed by atoms with Gasteiger partial charge in [-0.15, -0.1) is 0 Å². The minimum atomic E-state index is -0.608. The summed E-state index contributed by atoms with van der Waals surface area (Å²) in [5, 5.41) is 8.58. The number of H-pyrrole nitrogens is 1. The van der Waals surface area contributed by atoms with Crippen LogP contribution in [0.2, 0.25) is 0 Å². The van der Waals surface area contributed by atoms with Gasteiger partial charge in [0.1, 0.15) is 0 Å². The number of nitrogens with one attached hydrogen (secondary N) is 2. The SMILES string of the molecule is CCN(CC)C(=N)n1c(=O)[nH]c(=O)c2ncn(C3CCN(Cc4ccoc4)CC3)c21. The van der Waals surface area contributed by atoms with Crippen LogP contribution in [-0.2, 0) is 6.54 Å². The number of nitrogens with zero attached hydrogens (tertiary/aromatic N) is 5. The summed E-state index contributed by atoms with van der Waals surface area (Å²) in [4.78, 5) is 35.8. The first-order valence-electron chi connectivity index (χ1n) is 10.3. The monoisotopic (exact) mass is 413 g/mol. The molecule has 1 fully saturated rings. The Morgan fingerprint density at radius 1 is 1.30 bits per heavy atom. The van der Waals surface area contributed by atoms with Gasteiger partial charge >= 0.3 is 5.69 Å². The molecule has 0 atom stereocenters. The largest absolute Gasteiger partial charge is 0.472 e. The van der Waals surface area contributed by atoms with Crippen molar-refractivity contribution in [1.29, 1.82) is 5.41 Å². The zero-order valence-corrected chi connectivity index (χ0v) is 17.3. The fourth-order valence-electron chi connectivity index (χ4n) is 4.17. The molecule has 0 saturated carbocycles. The van der Waals surface area contributed by atoms with E-state index in [1.54, 1.807) is 23.8 Å². The van der Waals surface area contributed by atoms with Gasteiger partial charge in [0.15, 0.2) is 11.2 Å². The van der Waals surface area contributed by atoms with E-state index in [1.165, 1.54) is 4.57 Å². The van der Waals surface area contributed by atoms with Crippen molar-refractivity contribution in [3.05, 3.63) is 51.3 Å². The van der Waals surface area contributed by atoms with Crippen LogP contribution in [0.5, 0.6) is 0 Å². The van der Waals surface area contributed by atoms with Crippen molar-refractivity contribution in [3.8, 4) is 0 Å². The average molecular weight is 413 g/mol. The second-order valence-corrected chi connectivity index (χ2v) is 7.55. The first-order chi connectivity index (χ1) is 14.5. The van der Waals surface area contributed by atoms with Gasteiger partial charge in [-0.2, -0.15) is 0 Å². The molecule has 160 valence electrons. The van der Waals surface area contributed by atoms with Crippen LogP contribution in [0.15, 0.2) is 38.9 Å². The Morgan fingerprint density at radius 3 is 2.67 bits per heavy atom. The lowest BCUT2D eigenvalue weighted by Crippen LogP contribution is -2.44. The van der Waals surface area contributed by atoms with Gasteiger partial charge in [0.2, 0.25) is 5.96 Å². The van der Waals surface area contributed by atoms with Crippen molar-refractivity contribution in [1.82, 2.24) is 28.9 Å². The molecule has 0 spiro atoms. The van der Waals surface area contributed by atoms with Crippen molar-refractivity contribution in [3.63, 3.8) is 0 Å². The fraction of sp³-hybridized carbons (Fsp3) is 0.500. The molecule has 1 saturated heterocycles. The highest BCUT2D eigenvalue weighted by molar-refractivity contribution is 5.87. The van der Waals surface area contributed by atoms with Crippen LogP contribution in [0.3, 0.4) is 0 Å². The van der Waals surface area contributed by atoms with E-state index < -0.39 is 11.2 Å². The van der Waals surface area contributed by atoms with Gasteiger partial charge in [-0.25, -0.2) is 14.3 Å². The van der Waals surface area contributed by atoms with Crippen LogP contribution in [0, 0.1) is 5.41 Å². The molecular formula is C20H27N7O3. The molecule has 4 rings (SSSR count). The number of rotatable bonds is 5. The number of furan rings is 1. The molecule has 3 aromatic rings. The van der Waals surface area contributed by atoms with Crippen molar-refractivity contribution in [2.75, 3.05) is 26.2 Å². The number of piperidine rings is 1. The third-order valence-electron chi connectivity index (χ3n) is 5.83. The molecule has 0 amide bonds. The highest BCUT2D eigenvalue weighted by atomic mass is 16.3. The molecule has 0 aliphatic carbocycles. The second kappa shape index (κ2) is 8.31. The summed E-state index contributed by atoms with van der Waals surface area (Å²) in [5.74, 6) is 0.0467. The van der Waals surface area contributed by atoms with Gasteiger partial charge in [0.05, 0.1) is 18.9 Å². The van der Waals surface area contributed by atoms with E-state index in [-0.39, 0.29) is 17.5 Å². The molecule has 10 nitrogen and oxygen atoms in total. The normalized spacial score (nSPS) is 15.7. The number of fused-ring (bicyclic) bond motifs is 1. The maximum Gasteiger partial charge on any atom is 0.337 e. The number of likely N-dealkylation sites (tertiary alicyclic amines) is 1. The average Bonchev–Trinajstić information content (AvgIpc) is 3.40. The molecule has 4 heterocycles. The molecule has 1 aliphatic rings. The van der Waals surface area contributed by atoms with E-state index in [4.69, 9.17) is 9.83 Å². The van der Waals surface area contributed by atoms with Crippen LogP contribution in [0.1, 0.15) is 38.3 Å². The van der Waals surface area contributed by atoms with Crippen molar-refractivity contribution >= 4 is 17.1 Å². The Hall–Kier alpha value is -3.14. The fourth-order valence-corrected chi connectivity index (χ4v) is 4.17. The van der Waals surface area contributed by atoms with Gasteiger partial charge in [0, 0.05) is 44.3 Å². The summed E-state index contributed by atoms with van der Waals surface area (Å²) in [7, 11) is 0. The number of aromatic amines is 1. The number of aromatic nitrogens is 4. The van der Waals surface area contributed by atoms with Crippen LogP contribution < -0.4 is 11.2 Å². The third kappa shape index (κ3) is 3.58. The molecule has 30 heavy (non-hydrogen) atoms. The van der Waals surface area contributed by atoms with Gasteiger partial charge in [-0.3, -0.25) is 20.1 Å². The molecule has 2 N–H and O–H groups in total. The molecule has 0 bridgehead atoms. The van der Waals surface area contributed by atoms with E-state index in [0.717, 1.165) is 38.0 Å². The van der Waals surface area contributed by atoms with Crippen molar-refractivity contribution in [2.45, 2.75) is 39.3 Å². The lowest BCUT2D eigenvalue weighted by Gasteiger charge is -2.33. The lowest BCUT2D eigenvalue weighted by molar-refractivity contribution is 0.180. The highest BCUT2D eigenvalue weighted by Gasteiger charge is 2.26. The Bertz CT molecular complexity index is 1130. The second-order valence-electron chi connectivity index (χ2n) is 7.55. The van der Waals surface area contributed by atoms with Crippen molar-refractivity contribution < 1.29 is 4.42 Å². The first-order valence-corrected chi connectivity index (χ1v) is 10.3. The van der Waals surface area contributed by atoms with Gasteiger partial charge < -0.3 is 13.9 Å². The molecule has 1 aliphatic heterocycles. The minimum absolute atomic E-state index is 0.0467. The Labute approximate surface area is 173 Å². The summed E-state index contributed by atoms with van der Waals surface area (Å²) in [6, 6.07) is 2.08. The van der Waals surface area contributed by atoms with E-state index in [1.807, 2.05) is 24.5 Å². The molecular weight excluding hydrogens is 386 g/mol. The van der Waals surface area contributed by atoms with E-state index in [9.17, 15) is 9.59 Å². The number of imidazole rings is 1. The smallest absolute Gasteiger partial charge is 0.337 e. The summed E-state index contributed by atoms with van der Waals surface area (Å²) < 4.78 is 8.33. The lowest BCUT2D eigenvalue weighted by atomic mass is 10.0. The summed E-state index contributed by atoms with van der Waals surface area (Å²) in [6.45, 7) is 7.64. The van der Waals surface area contributed by atoms with Gasteiger partial charge in [-0.1, -0.05) is 0 Å². The summed E-state index contributed by atoms with van der Waals surface area (Å²) in [6.07, 6.45) is 6.80. The number of hydrogen-bond acceptors (Lipinski definition) is 6. The van der Waals surface area contributed by atoms with Crippen molar-refractivity contribution in [2.24, 2.45) is 0 Å². The standard InChI is InChI=1S/C20H27N7O3/c1-3-25(4-2)19(21)27-18-16(17(28)23-20(27)29)22-13-26(18)15-5-8-24(9-6-15)11-14-7-10-30-12-14/h7,10,12-13,15,21H,3-6,8-9,11H2,1-2H3,(H,23,28,29). The van der Waals surface area contributed by atoms with Gasteiger partial charge in [-0.05, 0) is 32.8 Å². The zero-order valence-electron chi connectivity index (χ0n) is 17.3. The Kier molecular flexibility index (Phi) is 5.58. The summed E-state index contributed by atoms with van der Waals surface area (Å²) in [5.41, 5.74) is 0.606. The molecule has 0 aromatic carbocycles. The maximum absolute atomic E-state index is 12.7. The van der Waals surface area contributed by atoms with Crippen LogP contribution in [0.25, 0.3) is 11.2 Å². The predicted molar refractivity (Wildman–Crippen MR) is 113 cm³/mol. The maximum atomic E-state index is 12.7. The third-order valence-corrected chi connectivity index (χ3v) is 5.83. The summed E-state index contributed by atoms with van der Waals surface area (Å²) >= 11 is 0. The Balaban J connectivity index is 1.66. The first kappa shape index (κ1) is 20.1. The van der Waals surface area contributed by atoms with E-state index >= 15 is 0 Å². The van der Waals surface area contributed by atoms with E-state index in [2.05, 4.69) is 14.9 Å². The van der Waals surface area contributed by atoms with Crippen LogP contribution in [-0.4, -0.2) is 61.0 Å². The van der Waals surface area contributed by atoms with E-state index in [0.29, 0.717) is 18.7 Å². The quantitative estimate of drug-likeness (QED) is 0.483. The molecule has 0 unspecified atom stereocenters.